The molecule has 162 valence electrons. The summed E-state index contributed by atoms with van der Waals surface area (Å²) in [5.41, 5.74) is 2.83. The van der Waals surface area contributed by atoms with Crippen molar-refractivity contribution in [3.05, 3.63) is 92.1 Å². The summed E-state index contributed by atoms with van der Waals surface area (Å²) in [6.07, 6.45) is 0. The molecular formula is C25H27BrN2O2S. The van der Waals surface area contributed by atoms with Crippen molar-refractivity contribution in [2.24, 2.45) is 0 Å². The molecule has 0 N–H and O–H groups in total. The van der Waals surface area contributed by atoms with Gasteiger partial charge in [0.05, 0.1) is 6.54 Å². The second-order valence-corrected chi connectivity index (χ2v) is 9.71. The predicted molar refractivity (Wildman–Crippen MR) is 130 cm³/mol. The first kappa shape index (κ1) is 23.2. The summed E-state index contributed by atoms with van der Waals surface area (Å²) in [6.45, 7) is 7.04. The van der Waals surface area contributed by atoms with E-state index in [0.717, 1.165) is 10.0 Å². The number of carbonyl (C=O) groups excluding carboxylic acids is 2. The van der Waals surface area contributed by atoms with Crippen LogP contribution >= 0.6 is 27.3 Å². The van der Waals surface area contributed by atoms with E-state index < -0.39 is 0 Å². The Balaban J connectivity index is 1.81. The van der Waals surface area contributed by atoms with Gasteiger partial charge in [-0.25, -0.2) is 0 Å². The lowest BCUT2D eigenvalue weighted by molar-refractivity contribution is -0.133. The van der Waals surface area contributed by atoms with Crippen LogP contribution in [0.2, 0.25) is 0 Å². The Morgan fingerprint density at radius 2 is 1.65 bits per heavy atom. The van der Waals surface area contributed by atoms with E-state index in [9.17, 15) is 9.59 Å². The summed E-state index contributed by atoms with van der Waals surface area (Å²) in [5.74, 6) is -0.196. The van der Waals surface area contributed by atoms with E-state index in [1.54, 1.807) is 28.4 Å². The van der Waals surface area contributed by atoms with E-state index in [-0.39, 0.29) is 24.4 Å². The largest absolute Gasteiger partial charge is 0.332 e. The summed E-state index contributed by atoms with van der Waals surface area (Å²) in [5, 5.41) is 2.05. The Bertz CT molecular complexity index is 1020. The molecule has 31 heavy (non-hydrogen) atoms. The van der Waals surface area contributed by atoms with Crippen molar-refractivity contribution in [1.82, 2.24) is 9.80 Å². The standard InChI is InChI=1S/C25H27BrN2O2S/c1-18(2)28(25(30)21-9-11-22(26)12-10-21)17-24(29)27(15-20-7-5-4-6-8-20)16-23-19(3)13-14-31-23/h4-14,18H,15-17H2,1-3H3. The zero-order chi connectivity index (χ0) is 22.4. The van der Waals surface area contributed by atoms with Crippen LogP contribution in [0.25, 0.3) is 0 Å². The van der Waals surface area contributed by atoms with Gasteiger partial charge in [0.15, 0.2) is 0 Å². The first-order valence-corrected chi connectivity index (χ1v) is 11.9. The third-order valence-electron chi connectivity index (χ3n) is 5.15. The Morgan fingerprint density at radius 3 is 2.23 bits per heavy atom. The van der Waals surface area contributed by atoms with Gasteiger partial charge in [-0.3, -0.25) is 9.59 Å². The molecule has 6 heteroatoms. The lowest BCUT2D eigenvalue weighted by Gasteiger charge is -2.30. The third-order valence-corrected chi connectivity index (χ3v) is 6.69. The number of thiophene rings is 1. The molecule has 0 atom stereocenters. The van der Waals surface area contributed by atoms with Gasteiger partial charge in [0.1, 0.15) is 6.54 Å². The van der Waals surface area contributed by atoms with Crippen LogP contribution in [0.15, 0.2) is 70.5 Å². The number of aryl methyl sites for hydroxylation is 1. The highest BCUT2D eigenvalue weighted by molar-refractivity contribution is 9.10. The Morgan fingerprint density at radius 1 is 0.968 bits per heavy atom. The number of benzene rings is 2. The van der Waals surface area contributed by atoms with Gasteiger partial charge in [0.25, 0.3) is 5.91 Å². The Hall–Kier alpha value is -2.44. The lowest BCUT2D eigenvalue weighted by Crippen LogP contribution is -2.45. The SMILES string of the molecule is Cc1ccsc1CN(Cc1ccccc1)C(=O)CN(C(=O)c1ccc(Br)cc1)C(C)C. The van der Waals surface area contributed by atoms with Gasteiger partial charge in [0.2, 0.25) is 5.91 Å². The molecule has 0 saturated carbocycles. The van der Waals surface area contributed by atoms with Crippen molar-refractivity contribution >= 4 is 39.1 Å². The minimum Gasteiger partial charge on any atom is -0.332 e. The molecule has 3 aromatic rings. The van der Waals surface area contributed by atoms with E-state index in [4.69, 9.17) is 0 Å². The van der Waals surface area contributed by atoms with E-state index in [1.165, 1.54) is 10.4 Å². The van der Waals surface area contributed by atoms with Crippen molar-refractivity contribution in [2.75, 3.05) is 6.54 Å². The predicted octanol–water partition coefficient (Wildman–Crippen LogP) is 5.90. The number of amides is 2. The fraction of sp³-hybridized carbons (Fsp3) is 0.280. The van der Waals surface area contributed by atoms with Gasteiger partial charge in [-0.15, -0.1) is 11.3 Å². The molecule has 0 spiro atoms. The zero-order valence-electron chi connectivity index (χ0n) is 18.0. The average Bonchev–Trinajstić information content (AvgIpc) is 3.16. The van der Waals surface area contributed by atoms with Crippen LogP contribution in [-0.2, 0) is 17.9 Å². The van der Waals surface area contributed by atoms with Gasteiger partial charge in [-0.1, -0.05) is 46.3 Å². The molecule has 0 radical (unpaired) electrons. The summed E-state index contributed by atoms with van der Waals surface area (Å²) in [7, 11) is 0. The molecule has 4 nitrogen and oxygen atoms in total. The molecule has 2 aromatic carbocycles. The van der Waals surface area contributed by atoms with E-state index >= 15 is 0 Å². The maximum Gasteiger partial charge on any atom is 0.254 e. The molecule has 3 rings (SSSR count). The Kier molecular flexibility index (Phi) is 8.04. The highest BCUT2D eigenvalue weighted by Crippen LogP contribution is 2.20. The van der Waals surface area contributed by atoms with Crippen molar-refractivity contribution in [3.8, 4) is 0 Å². The molecule has 0 saturated heterocycles. The van der Waals surface area contributed by atoms with Gasteiger partial charge in [-0.2, -0.15) is 0 Å². The van der Waals surface area contributed by atoms with E-state index in [0.29, 0.717) is 18.7 Å². The van der Waals surface area contributed by atoms with E-state index in [1.807, 2.05) is 66.6 Å². The molecular weight excluding hydrogens is 472 g/mol. The summed E-state index contributed by atoms with van der Waals surface area (Å²) in [6, 6.07) is 19.2. The maximum atomic E-state index is 13.4. The minimum atomic E-state index is -0.136. The van der Waals surface area contributed by atoms with Crippen LogP contribution in [0.4, 0.5) is 0 Å². The maximum absolute atomic E-state index is 13.4. The number of rotatable bonds is 8. The highest BCUT2D eigenvalue weighted by Gasteiger charge is 2.25. The van der Waals surface area contributed by atoms with Crippen molar-refractivity contribution in [3.63, 3.8) is 0 Å². The first-order chi connectivity index (χ1) is 14.8. The second-order valence-electron chi connectivity index (χ2n) is 7.80. The van der Waals surface area contributed by atoms with Crippen LogP contribution in [-0.4, -0.2) is 34.2 Å². The van der Waals surface area contributed by atoms with Gasteiger partial charge < -0.3 is 9.80 Å². The van der Waals surface area contributed by atoms with Crippen molar-refractivity contribution in [1.29, 1.82) is 0 Å². The highest BCUT2D eigenvalue weighted by atomic mass is 79.9. The molecule has 0 aliphatic rings. The van der Waals surface area contributed by atoms with E-state index in [2.05, 4.69) is 28.9 Å². The number of hydrogen-bond acceptors (Lipinski definition) is 3. The minimum absolute atomic E-state index is 0.0455. The van der Waals surface area contributed by atoms with Crippen molar-refractivity contribution in [2.45, 2.75) is 39.9 Å². The molecule has 1 heterocycles. The lowest BCUT2D eigenvalue weighted by atomic mass is 10.1. The molecule has 0 aliphatic carbocycles. The molecule has 2 amide bonds. The van der Waals surface area contributed by atoms with Crippen LogP contribution in [0, 0.1) is 6.92 Å². The van der Waals surface area contributed by atoms with Crippen LogP contribution in [0.1, 0.15) is 40.2 Å². The molecule has 0 aliphatic heterocycles. The molecule has 0 unspecified atom stereocenters. The average molecular weight is 499 g/mol. The first-order valence-electron chi connectivity index (χ1n) is 10.3. The monoisotopic (exact) mass is 498 g/mol. The number of halogens is 1. The zero-order valence-corrected chi connectivity index (χ0v) is 20.4. The fourth-order valence-electron chi connectivity index (χ4n) is 3.27. The quantitative estimate of drug-likeness (QED) is 0.387. The third kappa shape index (κ3) is 6.28. The Labute approximate surface area is 196 Å². The normalized spacial score (nSPS) is 10.9. The number of hydrogen-bond donors (Lipinski definition) is 0. The van der Waals surface area contributed by atoms with Gasteiger partial charge in [0, 0.05) is 27.5 Å². The van der Waals surface area contributed by atoms with Crippen molar-refractivity contribution < 1.29 is 9.59 Å². The molecule has 0 fully saturated rings. The topological polar surface area (TPSA) is 40.6 Å². The van der Waals surface area contributed by atoms with Gasteiger partial charge >= 0.3 is 0 Å². The number of carbonyl (C=O) groups is 2. The molecule has 0 bridgehead atoms. The smallest absolute Gasteiger partial charge is 0.254 e. The van der Waals surface area contributed by atoms with Gasteiger partial charge in [-0.05, 0) is 67.6 Å². The van der Waals surface area contributed by atoms with Crippen LogP contribution < -0.4 is 0 Å². The second kappa shape index (κ2) is 10.7. The number of nitrogens with zero attached hydrogens (tertiary/aromatic N) is 2. The summed E-state index contributed by atoms with van der Waals surface area (Å²) >= 11 is 5.06. The fourth-order valence-corrected chi connectivity index (χ4v) is 4.45. The summed E-state index contributed by atoms with van der Waals surface area (Å²) in [4.78, 5) is 31.2. The molecule has 1 aromatic heterocycles. The van der Waals surface area contributed by atoms with Crippen LogP contribution in [0.3, 0.4) is 0 Å². The summed E-state index contributed by atoms with van der Waals surface area (Å²) < 4.78 is 0.913. The van der Waals surface area contributed by atoms with Crippen LogP contribution in [0.5, 0.6) is 0 Å².